The molecular weight excluding hydrogens is 825 g/mol. The minimum absolute atomic E-state index is 0.0248. The summed E-state index contributed by atoms with van der Waals surface area (Å²) in [5.74, 6) is -0.00454. The lowest BCUT2D eigenvalue weighted by molar-refractivity contribution is -0.158. The van der Waals surface area contributed by atoms with Gasteiger partial charge in [-0.25, -0.2) is 22.8 Å². The highest BCUT2D eigenvalue weighted by Gasteiger charge is 2.64. The molecule has 13 nitrogen and oxygen atoms in total. The smallest absolute Gasteiger partial charge is 0.344 e. The van der Waals surface area contributed by atoms with E-state index in [2.05, 4.69) is 0 Å². The Morgan fingerprint density at radius 3 is 1.16 bits per heavy atom. The number of ether oxygens (including phenoxy) is 6. The summed E-state index contributed by atoms with van der Waals surface area (Å²) in [5, 5.41) is 0. The third-order valence-corrected chi connectivity index (χ3v) is 13.1. The van der Waals surface area contributed by atoms with E-state index in [-0.39, 0.29) is 36.9 Å². The van der Waals surface area contributed by atoms with Gasteiger partial charge in [-0.05, 0) is 159 Å². The number of ketones is 1. The SMILES string of the molecule is CC(C)(C)OC(=O)COc1ccc([S+](c2ccc(OCC(=O)OC(C)(C)C)cc2)c2ccc(OCC(=O)OC(C)(C)C)cc2)cc1.CC1(C)C2CCC1(CS(=O)(=O)[O-])C(=O)C2. The number of rotatable bonds is 14. The van der Waals surface area contributed by atoms with Gasteiger partial charge in [0.15, 0.2) is 34.5 Å². The van der Waals surface area contributed by atoms with Crippen molar-refractivity contribution in [3.8, 4) is 17.2 Å². The van der Waals surface area contributed by atoms with E-state index < -0.39 is 66.9 Å². The van der Waals surface area contributed by atoms with Crippen LogP contribution in [0.3, 0.4) is 0 Å². The van der Waals surface area contributed by atoms with Crippen LogP contribution < -0.4 is 14.2 Å². The van der Waals surface area contributed by atoms with E-state index in [1.54, 1.807) is 62.3 Å². The van der Waals surface area contributed by atoms with Crippen LogP contribution in [0.15, 0.2) is 87.5 Å². The predicted molar refractivity (Wildman–Crippen MR) is 229 cm³/mol. The summed E-state index contributed by atoms with van der Waals surface area (Å²) in [6.45, 7) is 19.5. The zero-order valence-electron chi connectivity index (χ0n) is 37.1. The van der Waals surface area contributed by atoms with Crippen LogP contribution in [0, 0.1) is 16.7 Å². The topological polar surface area (TPSA) is 181 Å². The van der Waals surface area contributed by atoms with Crippen molar-refractivity contribution in [3.05, 3.63) is 72.8 Å². The van der Waals surface area contributed by atoms with Crippen LogP contribution >= 0.6 is 0 Å². The molecule has 0 aliphatic heterocycles. The number of Topliss-reactive ketones (excluding diaryl/α,β-unsaturated/α-hetero) is 1. The van der Waals surface area contributed by atoms with Gasteiger partial charge in [0.25, 0.3) is 0 Å². The first-order valence-electron chi connectivity index (χ1n) is 20.1. The van der Waals surface area contributed by atoms with E-state index in [0.717, 1.165) is 21.1 Å². The summed E-state index contributed by atoms with van der Waals surface area (Å²) in [6, 6.07) is 22.6. The minimum atomic E-state index is -4.33. The van der Waals surface area contributed by atoms with Gasteiger partial charge in [-0.1, -0.05) is 13.8 Å². The average molecular weight is 885 g/mol. The van der Waals surface area contributed by atoms with Crippen LogP contribution in [0.25, 0.3) is 0 Å². The minimum Gasteiger partial charge on any atom is -0.748 e. The number of hydrogen-bond acceptors (Lipinski definition) is 13. The van der Waals surface area contributed by atoms with Crippen LogP contribution in [0.4, 0.5) is 0 Å². The zero-order valence-corrected chi connectivity index (χ0v) is 38.7. The summed E-state index contributed by atoms with van der Waals surface area (Å²) in [6.07, 6.45) is 1.88. The van der Waals surface area contributed by atoms with Crippen molar-refractivity contribution in [2.75, 3.05) is 25.6 Å². The molecule has 0 amide bonds. The number of hydrogen-bond donors (Lipinski definition) is 0. The molecule has 3 aromatic rings. The van der Waals surface area contributed by atoms with Crippen LogP contribution in [0.1, 0.15) is 95.4 Å². The van der Waals surface area contributed by atoms with Gasteiger partial charge in [0.2, 0.25) is 0 Å². The molecule has 334 valence electrons. The summed E-state index contributed by atoms with van der Waals surface area (Å²) in [7, 11) is -4.89. The van der Waals surface area contributed by atoms with Crippen molar-refractivity contribution in [2.45, 2.75) is 127 Å². The second-order valence-electron chi connectivity index (χ2n) is 18.7. The van der Waals surface area contributed by atoms with E-state index in [4.69, 9.17) is 28.4 Å². The molecule has 0 saturated heterocycles. The van der Waals surface area contributed by atoms with Crippen molar-refractivity contribution < 1.29 is 60.6 Å². The predicted octanol–water partition coefficient (Wildman–Crippen LogP) is 7.87. The molecule has 15 heteroatoms. The molecule has 2 aliphatic carbocycles. The molecule has 2 atom stereocenters. The van der Waals surface area contributed by atoms with E-state index in [1.165, 1.54) is 0 Å². The molecule has 61 heavy (non-hydrogen) atoms. The molecule has 5 rings (SSSR count). The monoisotopic (exact) mass is 884 g/mol. The molecular formula is C46H60O13S2. The fourth-order valence-electron chi connectivity index (χ4n) is 7.37. The number of esters is 3. The van der Waals surface area contributed by atoms with Gasteiger partial charge in [0.05, 0.1) is 26.8 Å². The summed E-state index contributed by atoms with van der Waals surface area (Å²) in [5.41, 5.74) is -3.00. The first kappa shape index (κ1) is 49.1. The second-order valence-corrected chi connectivity index (χ2v) is 22.1. The van der Waals surface area contributed by atoms with Crippen molar-refractivity contribution in [1.82, 2.24) is 0 Å². The molecule has 0 N–H and O–H groups in total. The molecule has 2 bridgehead atoms. The van der Waals surface area contributed by atoms with Gasteiger partial charge in [0, 0.05) is 11.8 Å². The molecule has 0 radical (unpaired) electrons. The Balaban J connectivity index is 0.000000454. The lowest BCUT2D eigenvalue weighted by Crippen LogP contribution is -2.42. The maximum absolute atomic E-state index is 12.1. The first-order chi connectivity index (χ1) is 28.1. The molecule has 0 spiro atoms. The largest absolute Gasteiger partial charge is 0.748 e. The van der Waals surface area contributed by atoms with Crippen LogP contribution in [0.5, 0.6) is 17.2 Å². The van der Waals surface area contributed by atoms with Crippen molar-refractivity contribution in [3.63, 3.8) is 0 Å². The molecule has 2 saturated carbocycles. The first-order valence-corrected chi connectivity index (χ1v) is 22.9. The van der Waals surface area contributed by atoms with Crippen LogP contribution in [-0.2, 0) is 54.4 Å². The van der Waals surface area contributed by atoms with Gasteiger partial charge < -0.3 is 33.0 Å². The highest BCUT2D eigenvalue weighted by molar-refractivity contribution is 7.97. The molecule has 0 heterocycles. The van der Waals surface area contributed by atoms with Crippen molar-refractivity contribution in [2.24, 2.45) is 16.7 Å². The fraction of sp³-hybridized carbons (Fsp3) is 0.522. The standard InChI is InChI=1S/C36H45O9S.C10H16O4S/c1-34(2,3)43-31(37)22-40-25-10-16-28(17-11-25)46(29-18-12-26(13-19-29)41-23-32(38)44-35(4,5)6)30-20-14-27(15-21-30)42-24-33(39)45-36(7,8)9;1-9(2)7-3-4-10(9,8(11)5-7)6-15(12,13)14/h10-21H,22-24H2,1-9H3;7H,3-6H2,1-2H3,(H,12,13,14)/q+1;/p-1. The lowest BCUT2D eigenvalue weighted by Gasteiger charge is -2.37. The Hall–Kier alpha value is -4.60. The Kier molecular flexibility index (Phi) is 15.4. The second kappa shape index (κ2) is 19.2. The summed E-state index contributed by atoms with van der Waals surface area (Å²) in [4.78, 5) is 51.1. The highest BCUT2D eigenvalue weighted by Crippen LogP contribution is 2.64. The molecule has 2 unspecified atom stereocenters. The van der Waals surface area contributed by atoms with E-state index in [1.807, 2.05) is 86.6 Å². The number of fused-ring (bicyclic) bond motifs is 2. The van der Waals surface area contributed by atoms with E-state index >= 15 is 0 Å². The normalized spacial score (nSPS) is 18.4. The maximum atomic E-state index is 12.1. The Labute approximate surface area is 363 Å². The molecule has 2 aliphatic rings. The average Bonchev–Trinajstić information content (AvgIpc) is 3.46. The third kappa shape index (κ3) is 14.5. The fourth-order valence-corrected chi connectivity index (χ4v) is 10.7. The van der Waals surface area contributed by atoms with Gasteiger partial charge in [-0.15, -0.1) is 0 Å². The Bertz CT molecular complexity index is 1930. The van der Waals surface area contributed by atoms with Gasteiger partial charge in [0.1, 0.15) is 39.8 Å². The number of carbonyl (C=O) groups is 4. The van der Waals surface area contributed by atoms with E-state index in [0.29, 0.717) is 30.1 Å². The Morgan fingerprint density at radius 1 is 0.623 bits per heavy atom. The van der Waals surface area contributed by atoms with E-state index in [9.17, 15) is 32.1 Å². The van der Waals surface area contributed by atoms with Gasteiger partial charge >= 0.3 is 17.9 Å². The highest BCUT2D eigenvalue weighted by atomic mass is 32.2. The molecule has 0 aromatic heterocycles. The van der Waals surface area contributed by atoms with Gasteiger partial charge in [-0.3, -0.25) is 4.79 Å². The lowest BCUT2D eigenvalue weighted by atomic mass is 9.70. The maximum Gasteiger partial charge on any atom is 0.344 e. The Morgan fingerprint density at radius 2 is 0.934 bits per heavy atom. The van der Waals surface area contributed by atoms with Crippen LogP contribution in [-0.4, -0.2) is 79.0 Å². The third-order valence-electron chi connectivity index (χ3n) is 10.1. The van der Waals surface area contributed by atoms with Crippen molar-refractivity contribution in [1.29, 1.82) is 0 Å². The molecule has 2 fully saturated rings. The zero-order chi connectivity index (χ0) is 45.6. The number of benzene rings is 3. The van der Waals surface area contributed by atoms with Gasteiger partial charge in [-0.2, -0.15) is 0 Å². The quantitative estimate of drug-likeness (QED) is 0.0661. The summed E-state index contributed by atoms with van der Waals surface area (Å²) < 4.78 is 65.7. The van der Waals surface area contributed by atoms with Crippen LogP contribution in [0.2, 0.25) is 0 Å². The number of carbonyl (C=O) groups excluding carboxylic acids is 4. The summed E-state index contributed by atoms with van der Waals surface area (Å²) >= 11 is 0. The van der Waals surface area contributed by atoms with Crippen molar-refractivity contribution >= 4 is 44.7 Å². The molecule has 3 aromatic carbocycles.